The van der Waals surface area contributed by atoms with Gasteiger partial charge in [0.1, 0.15) is 13.2 Å². The van der Waals surface area contributed by atoms with Crippen LogP contribution in [0.3, 0.4) is 0 Å². The molecule has 0 rings (SSSR count). The minimum absolute atomic E-state index is 0.0160. The molecule has 0 aromatic heterocycles. The molecule has 3 unspecified atom stereocenters. The fraction of sp³-hybridized carbons (Fsp3) is 0.958. The maximum atomic E-state index is 13.1. The minimum atomic E-state index is -4.58. The van der Waals surface area contributed by atoms with Gasteiger partial charge in [-0.05, 0) is 38.5 Å². The quantitative estimate of drug-likeness (QED) is 0.0272. The Balaban J connectivity index is 3.97. The summed E-state index contributed by atoms with van der Waals surface area (Å²) in [6.07, 6.45) is 81.6. The average molecular weight is 1170 g/mol. The van der Waals surface area contributed by atoms with Gasteiger partial charge in [-0.25, -0.2) is 0 Å². The molecule has 0 aliphatic rings. The predicted octanol–water partition coefficient (Wildman–Crippen LogP) is 22.7. The molecule has 3 atom stereocenters. The Bertz CT molecular complexity index is 1320. The van der Waals surface area contributed by atoms with Gasteiger partial charge in [-0.15, -0.1) is 0 Å². The highest BCUT2D eigenvalue weighted by molar-refractivity contribution is 7.45. The fourth-order valence-corrected chi connectivity index (χ4v) is 12.3. The van der Waals surface area contributed by atoms with Crippen LogP contribution in [0.2, 0.25) is 0 Å². The molecular weight excluding hydrogens is 1020 g/mol. The SMILES string of the molecule is CCCCCCCCCC/C=C\CCCCCCCCCCCCCCCCCCCCCC(=O)NC(COP(=O)([O-])OCC[N+](C)(C)C)C(O)CCCCCCCCCCCCCCCCCCCCCCCCCCCCCC. The van der Waals surface area contributed by atoms with E-state index in [1.165, 1.54) is 327 Å². The summed E-state index contributed by atoms with van der Waals surface area (Å²) in [6, 6.07) is -0.799. The highest BCUT2D eigenvalue weighted by Crippen LogP contribution is 2.38. The van der Waals surface area contributed by atoms with Gasteiger partial charge in [0.2, 0.25) is 5.91 Å². The summed E-state index contributed by atoms with van der Waals surface area (Å²) in [5, 5.41) is 14.1. The predicted molar refractivity (Wildman–Crippen MR) is 353 cm³/mol. The number of aliphatic hydroxyl groups is 1. The Morgan fingerprint density at radius 3 is 0.963 bits per heavy atom. The number of carbonyl (C=O) groups excluding carboxylic acids is 1. The molecule has 0 aromatic carbocycles. The van der Waals surface area contributed by atoms with Gasteiger partial charge in [-0.3, -0.25) is 9.36 Å². The fourth-order valence-electron chi connectivity index (χ4n) is 11.6. The highest BCUT2D eigenvalue weighted by atomic mass is 31.2. The van der Waals surface area contributed by atoms with Crippen molar-refractivity contribution in [2.45, 2.75) is 405 Å². The van der Waals surface area contributed by atoms with Crippen LogP contribution >= 0.6 is 7.82 Å². The Morgan fingerprint density at radius 2 is 0.679 bits per heavy atom. The van der Waals surface area contributed by atoms with Crippen molar-refractivity contribution in [2.24, 2.45) is 0 Å². The van der Waals surface area contributed by atoms with Crippen molar-refractivity contribution in [2.75, 3.05) is 40.9 Å². The van der Waals surface area contributed by atoms with Crippen molar-refractivity contribution in [1.82, 2.24) is 5.32 Å². The summed E-state index contributed by atoms with van der Waals surface area (Å²) in [5.41, 5.74) is 0. The maximum absolute atomic E-state index is 13.1. The van der Waals surface area contributed by atoms with Crippen LogP contribution in [0.1, 0.15) is 393 Å². The van der Waals surface area contributed by atoms with Crippen LogP contribution in [0, 0.1) is 0 Å². The van der Waals surface area contributed by atoms with E-state index in [2.05, 4.69) is 31.3 Å². The van der Waals surface area contributed by atoms with Crippen LogP contribution < -0.4 is 10.2 Å². The molecule has 0 spiro atoms. The van der Waals surface area contributed by atoms with Gasteiger partial charge >= 0.3 is 0 Å². The number of nitrogens with one attached hydrogen (secondary N) is 1. The second kappa shape index (κ2) is 63.7. The lowest BCUT2D eigenvalue weighted by Crippen LogP contribution is -2.46. The molecule has 0 aromatic rings. The molecule has 2 N–H and O–H groups in total. The summed E-state index contributed by atoms with van der Waals surface area (Å²) in [5.74, 6) is -0.154. The number of aliphatic hydroxyl groups excluding tert-OH is 1. The molecule has 0 aliphatic heterocycles. The molecule has 0 heterocycles. The first-order valence-electron chi connectivity index (χ1n) is 36.5. The molecule has 0 fully saturated rings. The number of rotatable bonds is 69. The molecule has 0 aliphatic carbocycles. The minimum Gasteiger partial charge on any atom is -0.756 e. The van der Waals surface area contributed by atoms with E-state index in [9.17, 15) is 19.4 Å². The van der Waals surface area contributed by atoms with E-state index < -0.39 is 20.0 Å². The summed E-state index contributed by atoms with van der Waals surface area (Å²) in [6.45, 7) is 4.79. The van der Waals surface area contributed by atoms with Crippen molar-refractivity contribution in [3.63, 3.8) is 0 Å². The Kier molecular flexibility index (Phi) is 63.1. The standard InChI is InChI=1S/C72H145N2O6P/c1-6-8-10-12-14-16-18-20-22-24-26-28-30-32-34-36-37-38-40-42-44-46-48-50-52-54-56-58-60-62-64-66-72(76)73-70(69-80-81(77,78)79-68-67-74(3,4)5)71(75)65-63-61-59-57-55-53-51-49-47-45-43-41-39-35-33-31-29-27-25-23-21-19-17-15-13-11-9-7-2/h24,26,70-71,75H,6-23,25,27-69H2,1-5H3,(H-,73,76,77,78)/b26-24-. The van der Waals surface area contributed by atoms with E-state index in [-0.39, 0.29) is 19.1 Å². The number of hydrogen-bond acceptors (Lipinski definition) is 6. The third-order valence-electron chi connectivity index (χ3n) is 17.3. The van der Waals surface area contributed by atoms with Crippen LogP contribution in [0.4, 0.5) is 0 Å². The van der Waals surface area contributed by atoms with E-state index in [1.54, 1.807) is 0 Å². The number of allylic oxidation sites excluding steroid dienone is 2. The van der Waals surface area contributed by atoms with Crippen molar-refractivity contribution in [1.29, 1.82) is 0 Å². The number of quaternary nitrogens is 1. The molecule has 0 bridgehead atoms. The van der Waals surface area contributed by atoms with Crippen LogP contribution in [-0.2, 0) is 18.4 Å². The number of likely N-dealkylation sites (N-methyl/N-ethyl adjacent to an activating group) is 1. The molecule has 0 radical (unpaired) electrons. The smallest absolute Gasteiger partial charge is 0.268 e. The second-order valence-electron chi connectivity index (χ2n) is 26.7. The van der Waals surface area contributed by atoms with Crippen molar-refractivity contribution in [3.8, 4) is 0 Å². The van der Waals surface area contributed by atoms with Crippen molar-refractivity contribution >= 4 is 13.7 Å². The van der Waals surface area contributed by atoms with Gasteiger partial charge in [0.05, 0.1) is 39.9 Å². The Hall–Kier alpha value is -0.760. The first kappa shape index (κ1) is 80.2. The van der Waals surface area contributed by atoms with Crippen LogP contribution in [0.25, 0.3) is 0 Å². The lowest BCUT2D eigenvalue weighted by Gasteiger charge is -2.30. The zero-order valence-electron chi connectivity index (χ0n) is 55.5. The molecule has 0 saturated heterocycles. The van der Waals surface area contributed by atoms with Gasteiger partial charge in [-0.2, -0.15) is 0 Å². The van der Waals surface area contributed by atoms with Crippen LogP contribution in [0.5, 0.6) is 0 Å². The average Bonchev–Trinajstić information content (AvgIpc) is 3.43. The van der Waals surface area contributed by atoms with Gasteiger partial charge in [0, 0.05) is 6.42 Å². The normalized spacial score (nSPS) is 13.6. The molecule has 9 heteroatoms. The summed E-state index contributed by atoms with van der Waals surface area (Å²) in [7, 11) is 1.33. The topological polar surface area (TPSA) is 108 Å². The maximum Gasteiger partial charge on any atom is 0.268 e. The first-order valence-corrected chi connectivity index (χ1v) is 38.0. The lowest BCUT2D eigenvalue weighted by atomic mass is 10.0. The molecule has 0 saturated carbocycles. The van der Waals surface area contributed by atoms with E-state index in [0.717, 1.165) is 38.5 Å². The summed E-state index contributed by atoms with van der Waals surface area (Å²) >= 11 is 0. The molecule has 484 valence electrons. The summed E-state index contributed by atoms with van der Waals surface area (Å²) < 4.78 is 23.6. The zero-order chi connectivity index (χ0) is 59.1. The number of phosphoric acid groups is 1. The zero-order valence-corrected chi connectivity index (χ0v) is 56.4. The van der Waals surface area contributed by atoms with Gasteiger partial charge in [0.25, 0.3) is 7.82 Å². The largest absolute Gasteiger partial charge is 0.756 e. The van der Waals surface area contributed by atoms with Crippen molar-refractivity contribution < 1.29 is 32.9 Å². The lowest BCUT2D eigenvalue weighted by molar-refractivity contribution is -0.870. The molecule has 8 nitrogen and oxygen atoms in total. The van der Waals surface area contributed by atoms with Gasteiger partial charge in [0.15, 0.2) is 0 Å². The monoisotopic (exact) mass is 1170 g/mol. The number of nitrogens with zero attached hydrogens (tertiary/aromatic N) is 1. The van der Waals surface area contributed by atoms with E-state index in [4.69, 9.17) is 9.05 Å². The molecular formula is C72H145N2O6P. The van der Waals surface area contributed by atoms with E-state index in [0.29, 0.717) is 23.9 Å². The number of carbonyl (C=O) groups is 1. The number of hydrogen-bond donors (Lipinski definition) is 2. The number of amides is 1. The van der Waals surface area contributed by atoms with Gasteiger partial charge < -0.3 is 28.8 Å². The van der Waals surface area contributed by atoms with Crippen LogP contribution in [0.15, 0.2) is 12.2 Å². The van der Waals surface area contributed by atoms with Crippen LogP contribution in [-0.4, -0.2) is 68.5 Å². The molecule has 81 heavy (non-hydrogen) atoms. The Morgan fingerprint density at radius 1 is 0.420 bits per heavy atom. The summed E-state index contributed by atoms with van der Waals surface area (Å²) in [4.78, 5) is 25.7. The van der Waals surface area contributed by atoms with Crippen molar-refractivity contribution in [3.05, 3.63) is 12.2 Å². The second-order valence-corrected chi connectivity index (χ2v) is 28.1. The van der Waals surface area contributed by atoms with E-state index in [1.807, 2.05) is 21.1 Å². The van der Waals surface area contributed by atoms with E-state index >= 15 is 0 Å². The first-order chi connectivity index (χ1) is 39.5. The molecule has 1 amide bonds. The van der Waals surface area contributed by atoms with Gasteiger partial charge in [-0.1, -0.05) is 360 Å². The third-order valence-corrected chi connectivity index (χ3v) is 18.2. The highest BCUT2D eigenvalue weighted by Gasteiger charge is 2.24. The third kappa shape index (κ3) is 66.6. The number of unbranched alkanes of at least 4 members (excludes halogenated alkanes) is 54. The Labute approximate surface area is 507 Å². The number of phosphoric ester groups is 1.